The SMILES string of the molecule is CCC(=O)N1N=C(c2cccc(NS(C)(=O)=O)c2)CC1c1cc(OC)c(OC)c(OC)c1. The fourth-order valence-electron chi connectivity index (χ4n) is 3.61. The lowest BCUT2D eigenvalue weighted by Crippen LogP contribution is -2.26. The molecule has 1 aliphatic heterocycles. The maximum Gasteiger partial charge on any atom is 0.242 e. The van der Waals surface area contributed by atoms with Gasteiger partial charge in [-0.2, -0.15) is 5.10 Å². The number of amides is 1. The summed E-state index contributed by atoms with van der Waals surface area (Å²) in [5.74, 6) is 1.30. The molecule has 1 unspecified atom stereocenters. The molecule has 3 rings (SSSR count). The average molecular weight is 462 g/mol. The van der Waals surface area contributed by atoms with E-state index in [1.807, 2.05) is 18.2 Å². The second-order valence-electron chi connectivity index (χ2n) is 7.27. The lowest BCUT2D eigenvalue weighted by atomic mass is 9.97. The van der Waals surface area contributed by atoms with Crippen molar-refractivity contribution in [2.75, 3.05) is 32.3 Å². The minimum Gasteiger partial charge on any atom is -0.493 e. The van der Waals surface area contributed by atoms with Gasteiger partial charge in [-0.15, -0.1) is 0 Å². The Balaban J connectivity index is 2.02. The molecular weight excluding hydrogens is 434 g/mol. The first-order valence-electron chi connectivity index (χ1n) is 9.98. The van der Waals surface area contributed by atoms with Crippen molar-refractivity contribution >= 4 is 27.3 Å². The molecule has 172 valence electrons. The molecule has 0 saturated carbocycles. The highest BCUT2D eigenvalue weighted by Gasteiger charge is 2.34. The molecule has 0 aromatic heterocycles. The quantitative estimate of drug-likeness (QED) is 0.647. The van der Waals surface area contributed by atoms with Crippen LogP contribution in [0.4, 0.5) is 5.69 Å². The van der Waals surface area contributed by atoms with Crippen LogP contribution in [-0.2, 0) is 14.8 Å². The van der Waals surface area contributed by atoms with Crippen LogP contribution < -0.4 is 18.9 Å². The molecule has 32 heavy (non-hydrogen) atoms. The third kappa shape index (κ3) is 4.96. The van der Waals surface area contributed by atoms with E-state index in [4.69, 9.17) is 14.2 Å². The highest BCUT2D eigenvalue weighted by Crippen LogP contribution is 2.43. The highest BCUT2D eigenvalue weighted by atomic mass is 32.2. The number of rotatable bonds is 8. The number of nitrogens with zero attached hydrogens (tertiary/aromatic N) is 2. The zero-order valence-electron chi connectivity index (χ0n) is 18.7. The molecule has 0 bridgehead atoms. The molecule has 1 aliphatic rings. The van der Waals surface area contributed by atoms with Gasteiger partial charge in [0.05, 0.1) is 39.3 Å². The van der Waals surface area contributed by atoms with Gasteiger partial charge in [0, 0.05) is 18.5 Å². The summed E-state index contributed by atoms with van der Waals surface area (Å²) in [6.07, 6.45) is 1.81. The molecule has 10 heteroatoms. The van der Waals surface area contributed by atoms with Gasteiger partial charge in [0.2, 0.25) is 21.7 Å². The van der Waals surface area contributed by atoms with Gasteiger partial charge in [0.15, 0.2) is 11.5 Å². The first-order chi connectivity index (χ1) is 15.2. The molecule has 9 nitrogen and oxygen atoms in total. The predicted molar refractivity (Wildman–Crippen MR) is 122 cm³/mol. The van der Waals surface area contributed by atoms with Crippen molar-refractivity contribution in [2.24, 2.45) is 5.10 Å². The predicted octanol–water partition coefficient (Wildman–Crippen LogP) is 3.17. The van der Waals surface area contributed by atoms with Crippen molar-refractivity contribution in [3.63, 3.8) is 0 Å². The molecule has 2 aromatic rings. The fourth-order valence-corrected chi connectivity index (χ4v) is 4.16. The van der Waals surface area contributed by atoms with Crippen LogP contribution in [0.15, 0.2) is 41.5 Å². The van der Waals surface area contributed by atoms with Crippen molar-refractivity contribution in [2.45, 2.75) is 25.8 Å². The second kappa shape index (κ2) is 9.47. The van der Waals surface area contributed by atoms with Crippen LogP contribution in [-0.4, -0.2) is 52.6 Å². The summed E-state index contributed by atoms with van der Waals surface area (Å²) in [5, 5.41) is 6.05. The smallest absolute Gasteiger partial charge is 0.242 e. The number of sulfonamides is 1. The number of carbonyl (C=O) groups excluding carboxylic acids is 1. The van der Waals surface area contributed by atoms with E-state index in [1.165, 1.54) is 26.3 Å². The molecule has 1 amide bonds. The Kier molecular flexibility index (Phi) is 6.93. The molecule has 1 heterocycles. The van der Waals surface area contributed by atoms with Crippen LogP contribution in [0.3, 0.4) is 0 Å². The lowest BCUT2D eigenvalue weighted by Gasteiger charge is -2.23. The number of hydrogen-bond acceptors (Lipinski definition) is 7. The number of hydrazone groups is 1. The monoisotopic (exact) mass is 461 g/mol. The molecule has 1 N–H and O–H groups in total. The van der Waals surface area contributed by atoms with Gasteiger partial charge < -0.3 is 14.2 Å². The molecule has 1 atom stereocenters. The van der Waals surface area contributed by atoms with Crippen LogP contribution in [0.2, 0.25) is 0 Å². The summed E-state index contributed by atoms with van der Waals surface area (Å²) in [6.45, 7) is 1.78. The summed E-state index contributed by atoms with van der Waals surface area (Å²) in [6, 6.07) is 10.2. The third-order valence-corrected chi connectivity index (χ3v) is 5.65. The van der Waals surface area contributed by atoms with Crippen molar-refractivity contribution in [1.82, 2.24) is 5.01 Å². The number of anilines is 1. The average Bonchev–Trinajstić information content (AvgIpc) is 3.22. The minimum atomic E-state index is -3.42. The first-order valence-corrected chi connectivity index (χ1v) is 11.9. The molecule has 0 saturated heterocycles. The molecule has 0 fully saturated rings. The third-order valence-electron chi connectivity index (χ3n) is 5.04. The number of benzene rings is 2. The molecule has 0 aliphatic carbocycles. The number of ether oxygens (including phenoxy) is 3. The van der Waals surface area contributed by atoms with E-state index in [-0.39, 0.29) is 18.4 Å². The van der Waals surface area contributed by atoms with Gasteiger partial charge in [-0.25, -0.2) is 13.4 Å². The molecule has 0 radical (unpaired) electrons. The van der Waals surface area contributed by atoms with Crippen LogP contribution in [0, 0.1) is 0 Å². The molecule has 2 aromatic carbocycles. The second-order valence-corrected chi connectivity index (χ2v) is 9.02. The molecular formula is C22H27N3O6S. The summed E-state index contributed by atoms with van der Waals surface area (Å²) < 4.78 is 42.0. The van der Waals surface area contributed by atoms with Gasteiger partial charge in [0.25, 0.3) is 0 Å². The number of methoxy groups -OCH3 is 3. The Hall–Kier alpha value is -3.27. The summed E-state index contributed by atoms with van der Waals surface area (Å²) in [4.78, 5) is 12.7. The maximum atomic E-state index is 12.7. The van der Waals surface area contributed by atoms with Crippen molar-refractivity contribution in [3.8, 4) is 17.2 Å². The standard InChI is InChI=1S/C22H27N3O6S/c1-6-21(26)25-18(15-11-19(29-2)22(31-4)20(12-15)30-3)13-17(23-25)14-8-7-9-16(10-14)24-32(5,27)28/h7-12,18,24H,6,13H2,1-5H3. The van der Waals surface area contributed by atoms with E-state index in [1.54, 1.807) is 25.1 Å². The summed E-state index contributed by atoms with van der Waals surface area (Å²) in [5.41, 5.74) is 2.60. The van der Waals surface area contributed by atoms with Crippen LogP contribution >= 0.6 is 0 Å². The number of hydrogen-bond donors (Lipinski definition) is 1. The van der Waals surface area contributed by atoms with E-state index in [0.717, 1.165) is 17.4 Å². The maximum absolute atomic E-state index is 12.7. The van der Waals surface area contributed by atoms with E-state index in [2.05, 4.69) is 9.82 Å². The van der Waals surface area contributed by atoms with E-state index in [9.17, 15) is 13.2 Å². The van der Waals surface area contributed by atoms with Gasteiger partial charge in [-0.1, -0.05) is 19.1 Å². The van der Waals surface area contributed by atoms with E-state index >= 15 is 0 Å². The zero-order chi connectivity index (χ0) is 23.5. The van der Waals surface area contributed by atoms with Gasteiger partial charge in [0.1, 0.15) is 0 Å². The number of nitrogens with one attached hydrogen (secondary N) is 1. The van der Waals surface area contributed by atoms with E-state index in [0.29, 0.717) is 35.1 Å². The normalized spacial score (nSPS) is 15.8. The van der Waals surface area contributed by atoms with Crippen molar-refractivity contribution in [3.05, 3.63) is 47.5 Å². The van der Waals surface area contributed by atoms with Crippen molar-refractivity contribution in [1.29, 1.82) is 0 Å². The zero-order valence-corrected chi connectivity index (χ0v) is 19.5. The lowest BCUT2D eigenvalue weighted by molar-refractivity contribution is -0.132. The summed E-state index contributed by atoms with van der Waals surface area (Å²) >= 11 is 0. The van der Waals surface area contributed by atoms with Crippen LogP contribution in [0.5, 0.6) is 17.2 Å². The Morgan fingerprint density at radius 2 is 1.78 bits per heavy atom. The van der Waals surface area contributed by atoms with Crippen molar-refractivity contribution < 1.29 is 27.4 Å². The largest absolute Gasteiger partial charge is 0.493 e. The first kappa shape index (κ1) is 23.4. The Morgan fingerprint density at radius 3 is 2.31 bits per heavy atom. The highest BCUT2D eigenvalue weighted by molar-refractivity contribution is 7.92. The van der Waals surface area contributed by atoms with Crippen LogP contribution in [0.25, 0.3) is 0 Å². The Bertz CT molecular complexity index is 1120. The Morgan fingerprint density at radius 1 is 1.12 bits per heavy atom. The Labute approximate surface area is 188 Å². The molecule has 0 spiro atoms. The number of carbonyl (C=O) groups is 1. The van der Waals surface area contributed by atoms with Gasteiger partial charge in [-0.05, 0) is 35.4 Å². The van der Waals surface area contributed by atoms with Gasteiger partial charge >= 0.3 is 0 Å². The fraction of sp³-hybridized carbons (Fsp3) is 0.364. The minimum absolute atomic E-state index is 0.135. The topological polar surface area (TPSA) is 107 Å². The van der Waals surface area contributed by atoms with Crippen LogP contribution in [0.1, 0.15) is 36.9 Å². The summed E-state index contributed by atoms with van der Waals surface area (Å²) in [7, 11) is 1.18. The van der Waals surface area contributed by atoms with Gasteiger partial charge in [-0.3, -0.25) is 9.52 Å². The van der Waals surface area contributed by atoms with E-state index < -0.39 is 10.0 Å².